The third kappa shape index (κ3) is 5.03. The Kier molecular flexibility index (Phi) is 6.10. The van der Waals surface area contributed by atoms with Crippen LogP contribution < -0.4 is 5.32 Å². The fraction of sp³-hybridized carbons (Fsp3) is 0.500. The van der Waals surface area contributed by atoms with Crippen LogP contribution in [0.1, 0.15) is 29.3 Å². The average molecular weight is 315 g/mol. The largest absolute Gasteiger partial charge is 0.476 e. The SMILES string of the molecule is COC(=O)CN(C(=O)NCc1nc(C(=O)O)cs1)C(C)C. The Labute approximate surface area is 125 Å². The van der Waals surface area contributed by atoms with Crippen LogP contribution in [0.25, 0.3) is 0 Å². The van der Waals surface area contributed by atoms with E-state index in [2.05, 4.69) is 15.0 Å². The molecule has 0 radical (unpaired) electrons. The van der Waals surface area contributed by atoms with Crippen LogP contribution >= 0.6 is 11.3 Å². The molecule has 0 aliphatic carbocycles. The number of nitrogens with zero attached hydrogens (tertiary/aromatic N) is 2. The van der Waals surface area contributed by atoms with Crippen LogP contribution in [0, 0.1) is 0 Å². The molecule has 2 N–H and O–H groups in total. The number of carbonyl (C=O) groups is 3. The molecule has 0 spiro atoms. The smallest absolute Gasteiger partial charge is 0.355 e. The quantitative estimate of drug-likeness (QED) is 0.756. The highest BCUT2D eigenvalue weighted by atomic mass is 32.1. The van der Waals surface area contributed by atoms with E-state index >= 15 is 0 Å². The summed E-state index contributed by atoms with van der Waals surface area (Å²) in [5.74, 6) is -1.63. The lowest BCUT2D eigenvalue weighted by atomic mass is 10.3. The minimum atomic E-state index is -1.11. The number of esters is 1. The fourth-order valence-corrected chi connectivity index (χ4v) is 2.14. The molecule has 0 aromatic carbocycles. The first-order valence-electron chi connectivity index (χ1n) is 6.14. The van der Waals surface area contributed by atoms with Gasteiger partial charge in [0, 0.05) is 11.4 Å². The predicted octanol–water partition coefficient (Wildman–Crippen LogP) is 0.934. The molecule has 1 aromatic rings. The molecule has 0 saturated carbocycles. The van der Waals surface area contributed by atoms with Gasteiger partial charge < -0.3 is 20.1 Å². The van der Waals surface area contributed by atoms with Crippen molar-refractivity contribution in [2.75, 3.05) is 13.7 Å². The molecule has 8 nitrogen and oxygen atoms in total. The van der Waals surface area contributed by atoms with Crippen molar-refractivity contribution in [1.29, 1.82) is 0 Å². The van der Waals surface area contributed by atoms with Crippen LogP contribution in [-0.2, 0) is 16.1 Å². The third-order valence-corrected chi connectivity index (χ3v) is 3.42. The third-order valence-electron chi connectivity index (χ3n) is 2.57. The lowest BCUT2D eigenvalue weighted by Gasteiger charge is -2.25. The highest BCUT2D eigenvalue weighted by Gasteiger charge is 2.20. The average Bonchev–Trinajstić information content (AvgIpc) is 2.90. The molecule has 1 aromatic heterocycles. The molecule has 0 unspecified atom stereocenters. The summed E-state index contributed by atoms with van der Waals surface area (Å²) in [5.41, 5.74) is -0.0560. The van der Waals surface area contributed by atoms with Gasteiger partial charge in [-0.2, -0.15) is 0 Å². The maximum Gasteiger partial charge on any atom is 0.355 e. The molecule has 0 aliphatic heterocycles. The molecule has 116 valence electrons. The van der Waals surface area contributed by atoms with Crippen molar-refractivity contribution in [1.82, 2.24) is 15.2 Å². The van der Waals surface area contributed by atoms with Crippen LogP contribution in [0.3, 0.4) is 0 Å². The van der Waals surface area contributed by atoms with E-state index in [0.29, 0.717) is 5.01 Å². The summed E-state index contributed by atoms with van der Waals surface area (Å²) in [5, 5.41) is 13.2. The molecule has 0 saturated heterocycles. The molecule has 1 rings (SSSR count). The number of urea groups is 1. The number of amides is 2. The molecule has 9 heteroatoms. The second-order valence-electron chi connectivity index (χ2n) is 4.39. The monoisotopic (exact) mass is 315 g/mol. The van der Waals surface area contributed by atoms with E-state index in [1.807, 2.05) is 0 Å². The summed E-state index contributed by atoms with van der Waals surface area (Å²) in [6, 6.07) is -0.627. The molecule has 2 amide bonds. The number of thiazole rings is 1. The standard InChI is InChI=1S/C12H17N3O5S/c1-7(2)15(5-10(16)20-3)12(19)13-4-9-14-8(6-21-9)11(17)18/h6-7H,4-5H2,1-3H3,(H,13,19)(H,17,18). The molecule has 21 heavy (non-hydrogen) atoms. The first-order chi connectivity index (χ1) is 9.85. The van der Waals surface area contributed by atoms with Crippen molar-refractivity contribution < 1.29 is 24.2 Å². The summed E-state index contributed by atoms with van der Waals surface area (Å²) in [7, 11) is 1.25. The van der Waals surface area contributed by atoms with E-state index in [1.165, 1.54) is 17.4 Å². The molecule has 0 bridgehead atoms. The Morgan fingerprint density at radius 1 is 1.48 bits per heavy atom. The van der Waals surface area contributed by atoms with Crippen molar-refractivity contribution in [2.24, 2.45) is 0 Å². The zero-order valence-corrected chi connectivity index (χ0v) is 12.8. The normalized spacial score (nSPS) is 10.3. The van der Waals surface area contributed by atoms with Crippen molar-refractivity contribution in [3.05, 3.63) is 16.1 Å². The summed E-state index contributed by atoms with van der Waals surface area (Å²) >= 11 is 1.14. The number of methoxy groups -OCH3 is 1. The van der Waals surface area contributed by atoms with Gasteiger partial charge in [0.25, 0.3) is 0 Å². The van der Waals surface area contributed by atoms with Gasteiger partial charge in [-0.05, 0) is 13.8 Å². The summed E-state index contributed by atoms with van der Waals surface area (Å²) in [4.78, 5) is 39.2. The Morgan fingerprint density at radius 3 is 2.62 bits per heavy atom. The first-order valence-corrected chi connectivity index (χ1v) is 7.02. The van der Waals surface area contributed by atoms with Crippen molar-refractivity contribution in [2.45, 2.75) is 26.4 Å². The number of rotatable bonds is 6. The number of nitrogens with one attached hydrogen (secondary N) is 1. The highest BCUT2D eigenvalue weighted by molar-refractivity contribution is 7.09. The summed E-state index contributed by atoms with van der Waals surface area (Å²) in [6.45, 7) is 3.49. The van der Waals surface area contributed by atoms with Crippen molar-refractivity contribution >= 4 is 29.3 Å². The molecule has 0 atom stereocenters. The van der Waals surface area contributed by atoms with Gasteiger partial charge in [-0.25, -0.2) is 14.6 Å². The Hall–Kier alpha value is -2.16. The zero-order chi connectivity index (χ0) is 16.0. The minimum Gasteiger partial charge on any atom is -0.476 e. The van der Waals surface area contributed by atoms with Gasteiger partial charge in [0.15, 0.2) is 5.69 Å². The van der Waals surface area contributed by atoms with E-state index in [1.54, 1.807) is 13.8 Å². The number of hydrogen-bond donors (Lipinski definition) is 2. The van der Waals surface area contributed by atoms with Crippen molar-refractivity contribution in [3.8, 4) is 0 Å². The molecule has 0 aliphatic rings. The maximum absolute atomic E-state index is 12.0. The van der Waals surface area contributed by atoms with Gasteiger partial charge in [0.1, 0.15) is 11.6 Å². The number of aromatic carboxylic acids is 1. The van der Waals surface area contributed by atoms with E-state index in [4.69, 9.17) is 5.11 Å². The van der Waals surface area contributed by atoms with E-state index in [9.17, 15) is 14.4 Å². The second kappa shape index (κ2) is 7.58. The van der Waals surface area contributed by atoms with Gasteiger partial charge in [-0.3, -0.25) is 4.79 Å². The van der Waals surface area contributed by atoms with Gasteiger partial charge in [0.2, 0.25) is 0 Å². The molecular formula is C12H17N3O5S. The number of carbonyl (C=O) groups excluding carboxylic acids is 2. The minimum absolute atomic E-state index is 0.0560. The predicted molar refractivity (Wildman–Crippen MR) is 75.2 cm³/mol. The second-order valence-corrected chi connectivity index (χ2v) is 5.33. The van der Waals surface area contributed by atoms with Gasteiger partial charge in [0.05, 0.1) is 13.7 Å². The van der Waals surface area contributed by atoms with E-state index in [0.717, 1.165) is 11.3 Å². The highest BCUT2D eigenvalue weighted by Crippen LogP contribution is 2.09. The molecular weight excluding hydrogens is 298 g/mol. The summed E-state index contributed by atoms with van der Waals surface area (Å²) in [6.07, 6.45) is 0. The number of hydrogen-bond acceptors (Lipinski definition) is 6. The van der Waals surface area contributed by atoms with Crippen LogP contribution in [0.4, 0.5) is 4.79 Å². The van der Waals surface area contributed by atoms with Crippen LogP contribution in [0.2, 0.25) is 0 Å². The van der Waals surface area contributed by atoms with E-state index < -0.39 is 18.0 Å². The van der Waals surface area contributed by atoms with Crippen LogP contribution in [0.15, 0.2) is 5.38 Å². The number of ether oxygens (including phenoxy) is 1. The first kappa shape index (κ1) is 16.9. The van der Waals surface area contributed by atoms with Gasteiger partial charge in [-0.15, -0.1) is 11.3 Å². The topological polar surface area (TPSA) is 109 Å². The van der Waals surface area contributed by atoms with Gasteiger partial charge in [-0.1, -0.05) is 0 Å². The summed E-state index contributed by atoms with van der Waals surface area (Å²) < 4.78 is 4.54. The van der Waals surface area contributed by atoms with E-state index in [-0.39, 0.29) is 24.8 Å². The van der Waals surface area contributed by atoms with Crippen LogP contribution in [-0.4, -0.2) is 52.7 Å². The zero-order valence-electron chi connectivity index (χ0n) is 12.0. The Bertz CT molecular complexity index is 529. The lowest BCUT2D eigenvalue weighted by molar-refractivity contribution is -0.141. The number of aromatic nitrogens is 1. The van der Waals surface area contributed by atoms with Crippen molar-refractivity contribution in [3.63, 3.8) is 0 Å². The molecule has 1 heterocycles. The number of carboxylic acid groups (broad SMARTS) is 1. The fourth-order valence-electron chi connectivity index (χ4n) is 1.44. The maximum atomic E-state index is 12.0. The Balaban J connectivity index is 2.60. The lowest BCUT2D eigenvalue weighted by Crippen LogP contribution is -2.46. The number of carboxylic acids is 1. The molecule has 0 fully saturated rings. The Morgan fingerprint density at radius 2 is 2.14 bits per heavy atom. The van der Waals surface area contributed by atoms with Gasteiger partial charge >= 0.3 is 18.0 Å². The van der Waals surface area contributed by atoms with Crippen LogP contribution in [0.5, 0.6) is 0 Å².